The van der Waals surface area contributed by atoms with Crippen LogP contribution in [0.25, 0.3) is 0 Å². The van der Waals surface area contributed by atoms with Crippen LogP contribution in [0.1, 0.15) is 49.4 Å². The molecule has 9 heteroatoms. The molecule has 1 aliphatic rings. The van der Waals surface area contributed by atoms with Gasteiger partial charge in [0.25, 0.3) is 5.91 Å². The molecule has 2 amide bonds. The number of hydrogen-bond donors (Lipinski definition) is 3. The van der Waals surface area contributed by atoms with Crippen LogP contribution in [-0.4, -0.2) is 51.4 Å². The van der Waals surface area contributed by atoms with E-state index in [2.05, 4.69) is 20.7 Å². The van der Waals surface area contributed by atoms with Gasteiger partial charge in [0.2, 0.25) is 5.91 Å². The molecular weight excluding hydrogens is 456 g/mol. The van der Waals surface area contributed by atoms with Crippen molar-refractivity contribution < 1.29 is 14.7 Å². The Hall–Kier alpha value is -3.72. The van der Waals surface area contributed by atoms with Crippen LogP contribution in [0.5, 0.6) is 0 Å². The number of hydrogen-bond acceptors (Lipinski definition) is 6. The summed E-state index contributed by atoms with van der Waals surface area (Å²) in [6.45, 7) is 1.93. The molecular formula is C27H36N6O3. The molecule has 4 rings (SSSR count). The van der Waals surface area contributed by atoms with E-state index in [1.165, 1.54) is 12.8 Å². The van der Waals surface area contributed by atoms with Crippen molar-refractivity contribution in [1.29, 1.82) is 0 Å². The average Bonchev–Trinajstić information content (AvgIpc) is 3.55. The van der Waals surface area contributed by atoms with Crippen LogP contribution in [0.15, 0.2) is 61.2 Å². The second-order valence-electron chi connectivity index (χ2n) is 8.94. The summed E-state index contributed by atoms with van der Waals surface area (Å²) in [5.74, 6) is -0.0308. The Morgan fingerprint density at radius 2 is 1.86 bits per heavy atom. The van der Waals surface area contributed by atoms with Gasteiger partial charge in [0.1, 0.15) is 6.04 Å². The van der Waals surface area contributed by atoms with Gasteiger partial charge in [0.05, 0.1) is 11.9 Å². The van der Waals surface area contributed by atoms with Crippen molar-refractivity contribution in [3.8, 4) is 0 Å². The van der Waals surface area contributed by atoms with Crippen molar-refractivity contribution >= 4 is 28.9 Å². The molecule has 9 nitrogen and oxygen atoms in total. The summed E-state index contributed by atoms with van der Waals surface area (Å²) >= 11 is 0. The fourth-order valence-electron chi connectivity index (χ4n) is 4.34. The first-order valence-electron chi connectivity index (χ1n) is 12.4. The molecule has 0 spiro atoms. The molecule has 1 saturated carbocycles. The monoisotopic (exact) mass is 492 g/mol. The van der Waals surface area contributed by atoms with E-state index in [0.717, 1.165) is 24.2 Å². The Balaban J connectivity index is 0.00000115. The highest BCUT2D eigenvalue weighted by Gasteiger charge is 2.27. The van der Waals surface area contributed by atoms with Crippen LogP contribution < -0.4 is 15.5 Å². The molecule has 1 fully saturated rings. The molecule has 2 heterocycles. The van der Waals surface area contributed by atoms with Gasteiger partial charge in [-0.25, -0.2) is 0 Å². The van der Waals surface area contributed by atoms with Crippen molar-refractivity contribution in [3.05, 3.63) is 66.7 Å². The number of amides is 2. The van der Waals surface area contributed by atoms with Crippen LogP contribution >= 0.6 is 0 Å². The SMILES string of the molecule is CCO.CN(c1ccncc1)c1cccc(C(=O)NC(CC2CCCC2)C(=O)Nc2cnn(C)c2)c1. The molecule has 1 aromatic carbocycles. The zero-order chi connectivity index (χ0) is 25.9. The Morgan fingerprint density at radius 3 is 2.50 bits per heavy atom. The zero-order valence-corrected chi connectivity index (χ0v) is 21.2. The second-order valence-corrected chi connectivity index (χ2v) is 8.94. The number of nitrogens with zero attached hydrogens (tertiary/aromatic N) is 4. The molecule has 0 bridgehead atoms. The van der Waals surface area contributed by atoms with Crippen molar-refractivity contribution in [3.63, 3.8) is 0 Å². The Morgan fingerprint density at radius 1 is 1.17 bits per heavy atom. The summed E-state index contributed by atoms with van der Waals surface area (Å²) in [4.78, 5) is 32.3. The molecule has 0 aliphatic heterocycles. The highest BCUT2D eigenvalue weighted by atomic mass is 16.2. The first kappa shape index (κ1) is 26.9. The summed E-state index contributed by atoms with van der Waals surface area (Å²) < 4.78 is 1.63. The predicted octanol–water partition coefficient (Wildman–Crippen LogP) is 3.90. The fraction of sp³-hybridized carbons (Fsp3) is 0.407. The number of carbonyl (C=O) groups is 2. The van der Waals surface area contributed by atoms with E-state index >= 15 is 0 Å². The minimum atomic E-state index is -0.609. The summed E-state index contributed by atoms with van der Waals surface area (Å²) in [6.07, 6.45) is 12.0. The fourth-order valence-corrected chi connectivity index (χ4v) is 4.34. The van der Waals surface area contributed by atoms with E-state index in [-0.39, 0.29) is 18.4 Å². The third-order valence-corrected chi connectivity index (χ3v) is 6.18. The van der Waals surface area contributed by atoms with Gasteiger partial charge in [0, 0.05) is 56.2 Å². The maximum Gasteiger partial charge on any atom is 0.252 e. The van der Waals surface area contributed by atoms with E-state index in [0.29, 0.717) is 23.6 Å². The minimum absolute atomic E-state index is 0.215. The number of nitrogens with one attached hydrogen (secondary N) is 2. The zero-order valence-electron chi connectivity index (χ0n) is 21.2. The lowest BCUT2D eigenvalue weighted by molar-refractivity contribution is -0.118. The number of rotatable bonds is 8. The molecule has 0 radical (unpaired) electrons. The summed E-state index contributed by atoms with van der Waals surface area (Å²) in [5, 5.41) is 17.5. The number of aliphatic hydroxyl groups is 1. The average molecular weight is 493 g/mol. The molecule has 2 aromatic heterocycles. The lowest BCUT2D eigenvalue weighted by Crippen LogP contribution is -2.44. The molecule has 192 valence electrons. The summed E-state index contributed by atoms with van der Waals surface area (Å²) in [5.41, 5.74) is 2.98. The normalized spacial score (nSPS) is 13.9. The largest absolute Gasteiger partial charge is 0.397 e. The highest BCUT2D eigenvalue weighted by Crippen LogP contribution is 2.29. The van der Waals surface area contributed by atoms with Gasteiger partial charge in [-0.2, -0.15) is 5.10 Å². The second kappa shape index (κ2) is 13.4. The van der Waals surface area contributed by atoms with E-state index < -0.39 is 6.04 Å². The van der Waals surface area contributed by atoms with Gasteiger partial charge >= 0.3 is 0 Å². The van der Waals surface area contributed by atoms with Crippen molar-refractivity contribution in [2.75, 3.05) is 23.9 Å². The van der Waals surface area contributed by atoms with Gasteiger partial charge in [-0.1, -0.05) is 31.7 Å². The van der Waals surface area contributed by atoms with Gasteiger partial charge in [-0.05, 0) is 49.6 Å². The number of aromatic nitrogens is 3. The van der Waals surface area contributed by atoms with Gasteiger partial charge in [0.15, 0.2) is 0 Å². The minimum Gasteiger partial charge on any atom is -0.397 e. The van der Waals surface area contributed by atoms with Crippen LogP contribution in [0.3, 0.4) is 0 Å². The number of benzene rings is 1. The van der Waals surface area contributed by atoms with Gasteiger partial charge in [-0.3, -0.25) is 19.3 Å². The lowest BCUT2D eigenvalue weighted by atomic mass is 9.97. The van der Waals surface area contributed by atoms with E-state index in [4.69, 9.17) is 5.11 Å². The van der Waals surface area contributed by atoms with Crippen molar-refractivity contribution in [2.24, 2.45) is 13.0 Å². The maximum atomic E-state index is 13.2. The van der Waals surface area contributed by atoms with Crippen LogP contribution in [0.2, 0.25) is 0 Å². The predicted molar refractivity (Wildman–Crippen MR) is 141 cm³/mol. The number of anilines is 3. The molecule has 1 aliphatic carbocycles. The molecule has 1 atom stereocenters. The van der Waals surface area contributed by atoms with Crippen LogP contribution in [-0.2, 0) is 11.8 Å². The van der Waals surface area contributed by atoms with E-state index in [9.17, 15) is 9.59 Å². The van der Waals surface area contributed by atoms with Crippen LogP contribution in [0.4, 0.5) is 17.1 Å². The molecule has 3 N–H and O–H groups in total. The molecule has 36 heavy (non-hydrogen) atoms. The Kier molecular flexibility index (Phi) is 10.00. The molecule has 1 unspecified atom stereocenters. The number of carbonyl (C=O) groups excluding carboxylic acids is 2. The quantitative estimate of drug-likeness (QED) is 0.440. The number of pyridine rings is 1. The van der Waals surface area contributed by atoms with Crippen molar-refractivity contribution in [1.82, 2.24) is 20.1 Å². The smallest absolute Gasteiger partial charge is 0.252 e. The lowest BCUT2D eigenvalue weighted by Gasteiger charge is -2.22. The van der Waals surface area contributed by atoms with Crippen LogP contribution in [0, 0.1) is 5.92 Å². The number of aryl methyl sites for hydroxylation is 1. The Bertz CT molecular complexity index is 1110. The first-order valence-corrected chi connectivity index (χ1v) is 12.4. The third kappa shape index (κ3) is 7.64. The topological polar surface area (TPSA) is 112 Å². The number of aliphatic hydroxyl groups excluding tert-OH is 1. The Labute approximate surface area is 212 Å². The molecule has 3 aromatic rings. The first-order chi connectivity index (χ1) is 17.4. The van der Waals surface area contributed by atoms with E-state index in [1.54, 1.807) is 49.5 Å². The maximum absolute atomic E-state index is 13.2. The summed E-state index contributed by atoms with van der Waals surface area (Å²) in [6, 6.07) is 10.6. The standard InChI is InChI=1S/C25H30N6O2.C2H6O/c1-30-17-20(16-27-30)28-25(33)23(14-18-6-3-4-7-18)29-24(32)19-8-5-9-22(15-19)31(2)21-10-12-26-13-11-21;1-2-3/h5,8-13,15-18,23H,3-4,6-7,14H2,1-2H3,(H,28,33)(H,29,32);3H,2H2,1H3. The summed E-state index contributed by atoms with van der Waals surface area (Å²) in [7, 11) is 3.74. The van der Waals surface area contributed by atoms with Crippen molar-refractivity contribution in [2.45, 2.75) is 45.1 Å². The third-order valence-electron chi connectivity index (χ3n) is 6.18. The molecule has 0 saturated heterocycles. The van der Waals surface area contributed by atoms with Gasteiger partial charge < -0.3 is 20.6 Å². The van der Waals surface area contributed by atoms with Gasteiger partial charge in [-0.15, -0.1) is 0 Å². The highest BCUT2D eigenvalue weighted by molar-refractivity contribution is 6.01. The van der Waals surface area contributed by atoms with E-state index in [1.807, 2.05) is 42.3 Å².